The smallest absolute Gasteiger partial charge is 0.111 e. The van der Waals surface area contributed by atoms with E-state index in [4.69, 9.17) is 10.1 Å². The maximum Gasteiger partial charge on any atom is 0.111 e. The first kappa shape index (κ1) is 19.7. The molecule has 4 rings (SSSR count). The lowest BCUT2D eigenvalue weighted by molar-refractivity contribution is 0.589. The minimum Gasteiger partial charge on any atom is -0.311 e. The van der Waals surface area contributed by atoms with E-state index in [1.54, 1.807) is 0 Å². The molecule has 0 radical (unpaired) electrons. The lowest BCUT2D eigenvalue weighted by atomic mass is 10.0. The highest BCUT2D eigenvalue weighted by molar-refractivity contribution is 5.88. The maximum absolute atomic E-state index is 4.94. The van der Waals surface area contributed by atoms with E-state index in [0.717, 1.165) is 43.0 Å². The molecular weight excluding hydrogens is 355 g/mol. The van der Waals surface area contributed by atoms with Crippen molar-refractivity contribution in [2.45, 2.75) is 40.3 Å². The molecule has 3 aromatic rings. The lowest BCUT2D eigenvalue weighted by Gasteiger charge is -2.09. The minimum atomic E-state index is 0. The number of aromatic nitrogens is 3. The molecule has 0 bridgehead atoms. The highest BCUT2D eigenvalue weighted by Crippen LogP contribution is 2.27. The van der Waals surface area contributed by atoms with E-state index in [1.165, 1.54) is 27.8 Å². The number of benzene rings is 1. The van der Waals surface area contributed by atoms with E-state index in [-0.39, 0.29) is 24.8 Å². The number of fused-ring (bicyclic) bond motifs is 2. The molecule has 3 heterocycles. The molecule has 0 fully saturated rings. The van der Waals surface area contributed by atoms with Crippen LogP contribution in [0.3, 0.4) is 0 Å². The molecule has 0 unspecified atom stereocenters. The van der Waals surface area contributed by atoms with Crippen molar-refractivity contribution in [1.29, 1.82) is 0 Å². The van der Waals surface area contributed by atoms with Crippen molar-refractivity contribution in [3.8, 4) is 11.4 Å². The van der Waals surface area contributed by atoms with Crippen molar-refractivity contribution in [1.82, 2.24) is 20.1 Å². The van der Waals surface area contributed by atoms with Crippen molar-refractivity contribution >= 4 is 35.7 Å². The number of rotatable bonds is 1. The van der Waals surface area contributed by atoms with Gasteiger partial charge < -0.3 is 5.32 Å². The van der Waals surface area contributed by atoms with Crippen LogP contribution < -0.4 is 5.32 Å². The van der Waals surface area contributed by atoms with Gasteiger partial charge in [0.05, 0.1) is 16.9 Å². The third-order valence-electron chi connectivity index (χ3n) is 4.87. The van der Waals surface area contributed by atoms with E-state index >= 15 is 0 Å². The topological polar surface area (TPSA) is 42.7 Å². The van der Waals surface area contributed by atoms with Crippen LogP contribution in [0, 0.1) is 20.8 Å². The summed E-state index contributed by atoms with van der Waals surface area (Å²) in [5.74, 6) is 0. The summed E-state index contributed by atoms with van der Waals surface area (Å²) in [6, 6.07) is 8.69. The Labute approximate surface area is 160 Å². The Morgan fingerprint density at radius 2 is 1.80 bits per heavy atom. The second kappa shape index (κ2) is 7.73. The standard InChI is InChI=1S/C19H22N4.2ClH/c1-12-5-6-16-13(2)9-17(21-19(16)14(12)3)18-10-15-11-20-7-4-8-23(15)22-18;;/h5-6,9-10,20H,4,7-8,11H2,1-3H3;2*1H. The van der Waals surface area contributed by atoms with Gasteiger partial charge >= 0.3 is 0 Å². The largest absolute Gasteiger partial charge is 0.311 e. The zero-order valence-electron chi connectivity index (χ0n) is 14.8. The van der Waals surface area contributed by atoms with Gasteiger partial charge in [-0.15, -0.1) is 24.8 Å². The van der Waals surface area contributed by atoms with Crippen LogP contribution in [0.4, 0.5) is 0 Å². The number of nitrogens with zero attached hydrogens (tertiary/aromatic N) is 3. The summed E-state index contributed by atoms with van der Waals surface area (Å²) in [5, 5.41) is 9.48. The normalized spacial score (nSPS) is 13.6. The number of hydrogen-bond donors (Lipinski definition) is 1. The fraction of sp³-hybridized carbons (Fsp3) is 0.368. The zero-order chi connectivity index (χ0) is 16.0. The molecule has 134 valence electrons. The van der Waals surface area contributed by atoms with Crippen LogP contribution in [-0.2, 0) is 13.1 Å². The average Bonchev–Trinajstić information content (AvgIpc) is 2.82. The van der Waals surface area contributed by atoms with Gasteiger partial charge in [0.15, 0.2) is 0 Å². The highest BCUT2D eigenvalue weighted by atomic mass is 35.5. The quantitative estimate of drug-likeness (QED) is 0.683. The molecule has 25 heavy (non-hydrogen) atoms. The van der Waals surface area contributed by atoms with Crippen molar-refractivity contribution in [3.63, 3.8) is 0 Å². The maximum atomic E-state index is 4.94. The fourth-order valence-electron chi connectivity index (χ4n) is 3.32. The molecule has 1 aromatic carbocycles. The summed E-state index contributed by atoms with van der Waals surface area (Å²) < 4.78 is 2.12. The molecule has 4 nitrogen and oxygen atoms in total. The summed E-state index contributed by atoms with van der Waals surface area (Å²) in [7, 11) is 0. The van der Waals surface area contributed by atoms with Crippen LogP contribution in [0.15, 0.2) is 24.3 Å². The Morgan fingerprint density at radius 1 is 1.00 bits per heavy atom. The van der Waals surface area contributed by atoms with Gasteiger partial charge in [-0.1, -0.05) is 12.1 Å². The SMILES string of the molecule is Cc1ccc2c(C)cc(-c3cc4n(n3)CCCNC4)nc2c1C.Cl.Cl. The van der Waals surface area contributed by atoms with E-state index in [0.29, 0.717) is 0 Å². The third kappa shape index (κ3) is 3.52. The first-order chi connectivity index (χ1) is 11.1. The molecule has 0 spiro atoms. The van der Waals surface area contributed by atoms with Crippen molar-refractivity contribution in [2.75, 3.05) is 6.54 Å². The van der Waals surface area contributed by atoms with Gasteiger partial charge in [-0.2, -0.15) is 5.10 Å². The Kier molecular flexibility index (Phi) is 6.09. The number of hydrogen-bond acceptors (Lipinski definition) is 3. The summed E-state index contributed by atoms with van der Waals surface area (Å²) in [5.41, 5.74) is 8.11. The summed E-state index contributed by atoms with van der Waals surface area (Å²) in [4.78, 5) is 4.94. The monoisotopic (exact) mass is 378 g/mol. The van der Waals surface area contributed by atoms with Gasteiger partial charge in [-0.3, -0.25) is 4.68 Å². The molecule has 0 aliphatic carbocycles. The molecule has 0 atom stereocenters. The van der Waals surface area contributed by atoms with Gasteiger partial charge in [0.1, 0.15) is 5.69 Å². The third-order valence-corrected chi connectivity index (χ3v) is 4.87. The van der Waals surface area contributed by atoms with E-state index in [2.05, 4.69) is 55.0 Å². The number of pyridine rings is 1. The summed E-state index contributed by atoms with van der Waals surface area (Å²) in [6.07, 6.45) is 1.12. The number of nitrogens with one attached hydrogen (secondary N) is 1. The van der Waals surface area contributed by atoms with Gasteiger partial charge in [-0.25, -0.2) is 4.98 Å². The van der Waals surface area contributed by atoms with Crippen LogP contribution >= 0.6 is 24.8 Å². The molecule has 6 heteroatoms. The van der Waals surface area contributed by atoms with Crippen molar-refractivity contribution in [3.05, 3.63) is 46.6 Å². The highest BCUT2D eigenvalue weighted by Gasteiger charge is 2.14. The fourth-order valence-corrected chi connectivity index (χ4v) is 3.32. The van der Waals surface area contributed by atoms with Crippen LogP contribution in [0.1, 0.15) is 28.8 Å². The van der Waals surface area contributed by atoms with Crippen LogP contribution in [0.25, 0.3) is 22.3 Å². The van der Waals surface area contributed by atoms with Gasteiger partial charge in [-0.05, 0) is 62.6 Å². The van der Waals surface area contributed by atoms with Gasteiger partial charge in [0.25, 0.3) is 0 Å². The zero-order valence-corrected chi connectivity index (χ0v) is 16.4. The molecular formula is C19H24Cl2N4. The molecule has 1 aliphatic heterocycles. The average molecular weight is 379 g/mol. The van der Waals surface area contributed by atoms with Crippen molar-refractivity contribution in [2.24, 2.45) is 0 Å². The lowest BCUT2D eigenvalue weighted by Crippen LogP contribution is -2.11. The van der Waals surface area contributed by atoms with Crippen LogP contribution in [0.5, 0.6) is 0 Å². The van der Waals surface area contributed by atoms with Gasteiger partial charge in [0.2, 0.25) is 0 Å². The number of aryl methyl sites for hydroxylation is 4. The Hall–Kier alpha value is -1.62. The van der Waals surface area contributed by atoms with Crippen LogP contribution in [-0.4, -0.2) is 21.3 Å². The van der Waals surface area contributed by atoms with Crippen LogP contribution in [0.2, 0.25) is 0 Å². The molecule has 2 aromatic heterocycles. The molecule has 0 saturated heterocycles. The summed E-state index contributed by atoms with van der Waals surface area (Å²) >= 11 is 0. The minimum absolute atomic E-state index is 0. The Balaban J connectivity index is 0.00000113. The second-order valence-corrected chi connectivity index (χ2v) is 6.50. The van der Waals surface area contributed by atoms with Gasteiger partial charge in [0, 0.05) is 18.5 Å². The van der Waals surface area contributed by atoms with Crippen molar-refractivity contribution < 1.29 is 0 Å². The Morgan fingerprint density at radius 3 is 2.60 bits per heavy atom. The van der Waals surface area contributed by atoms with E-state index < -0.39 is 0 Å². The Bertz CT molecular complexity index is 879. The molecule has 0 saturated carbocycles. The first-order valence-corrected chi connectivity index (χ1v) is 8.29. The van der Waals surface area contributed by atoms with E-state index in [9.17, 15) is 0 Å². The molecule has 0 amide bonds. The summed E-state index contributed by atoms with van der Waals surface area (Å²) in [6.45, 7) is 9.38. The number of halogens is 2. The first-order valence-electron chi connectivity index (χ1n) is 8.29. The molecule has 1 N–H and O–H groups in total. The van der Waals surface area contributed by atoms with E-state index in [1.807, 2.05) is 0 Å². The second-order valence-electron chi connectivity index (χ2n) is 6.50. The predicted molar refractivity (Wildman–Crippen MR) is 108 cm³/mol. The molecule has 1 aliphatic rings. The predicted octanol–water partition coefficient (Wildman–Crippen LogP) is 4.36.